The van der Waals surface area contributed by atoms with Crippen LogP contribution in [0.2, 0.25) is 0 Å². The van der Waals surface area contributed by atoms with Crippen molar-refractivity contribution in [3.8, 4) is 0 Å². The Morgan fingerprint density at radius 3 is 2.06 bits per heavy atom. The summed E-state index contributed by atoms with van der Waals surface area (Å²) in [5.41, 5.74) is 8.52. The Balaban J connectivity index is 2.07. The van der Waals surface area contributed by atoms with Crippen LogP contribution in [0.5, 0.6) is 0 Å². The molecule has 0 aliphatic rings. The van der Waals surface area contributed by atoms with E-state index in [2.05, 4.69) is 10.2 Å². The summed E-state index contributed by atoms with van der Waals surface area (Å²) in [6.07, 6.45) is 0.278. The fourth-order valence-corrected chi connectivity index (χ4v) is 3.79. The number of amides is 1. The first-order valence-corrected chi connectivity index (χ1v) is 12.2. The topological polar surface area (TPSA) is 84.7 Å². The van der Waals surface area contributed by atoms with Gasteiger partial charge in [-0.25, -0.2) is 9.18 Å². The van der Waals surface area contributed by atoms with Crippen LogP contribution in [-0.4, -0.2) is 69.9 Å². The lowest BCUT2D eigenvalue weighted by Crippen LogP contribution is -2.52. The second-order valence-electron chi connectivity index (χ2n) is 8.34. The summed E-state index contributed by atoms with van der Waals surface area (Å²) >= 11 is 11.7. The number of nitrogens with one attached hydrogen (secondary N) is 1. The minimum Gasteiger partial charge on any atom is -0.478 e. The predicted molar refractivity (Wildman–Crippen MR) is 140 cm³/mol. The average molecular weight is 518 g/mol. The quantitative estimate of drug-likeness (QED) is 0.242. The molecule has 2 rings (SSSR count). The SMILES string of the molecule is [B]C([B])(C)OC(=O)C(Cc1ccc(F)cc1)NC(=O)C(N)Cc1ccc(N(CCCl)CCCl)cc1. The fourth-order valence-electron chi connectivity index (χ4n) is 3.38. The van der Waals surface area contributed by atoms with Crippen LogP contribution in [0.1, 0.15) is 18.1 Å². The van der Waals surface area contributed by atoms with Crippen LogP contribution >= 0.6 is 23.2 Å². The number of nitrogens with two attached hydrogens (primary N) is 1. The Hall–Kier alpha value is -2.22. The van der Waals surface area contributed by atoms with Gasteiger partial charge in [0, 0.05) is 42.4 Å². The van der Waals surface area contributed by atoms with Gasteiger partial charge in [0.15, 0.2) is 0 Å². The van der Waals surface area contributed by atoms with Gasteiger partial charge < -0.3 is 20.7 Å². The second kappa shape index (κ2) is 13.8. The number of hydrogen-bond acceptors (Lipinski definition) is 5. The lowest BCUT2D eigenvalue weighted by atomic mass is 9.67. The van der Waals surface area contributed by atoms with Crippen LogP contribution in [0.4, 0.5) is 10.1 Å². The van der Waals surface area contributed by atoms with Gasteiger partial charge >= 0.3 is 5.97 Å². The largest absolute Gasteiger partial charge is 0.478 e. The minimum atomic E-state index is -1.73. The zero-order valence-corrected chi connectivity index (χ0v) is 21.1. The molecular formula is C24H28B2Cl2FN3O3. The summed E-state index contributed by atoms with van der Waals surface area (Å²) in [7, 11) is 11.2. The lowest BCUT2D eigenvalue weighted by Gasteiger charge is -2.26. The van der Waals surface area contributed by atoms with Crippen molar-refractivity contribution < 1.29 is 18.7 Å². The molecule has 6 nitrogen and oxygen atoms in total. The maximum absolute atomic E-state index is 13.2. The van der Waals surface area contributed by atoms with E-state index in [1.807, 2.05) is 24.3 Å². The molecule has 3 N–H and O–H groups in total. The molecule has 2 aromatic carbocycles. The van der Waals surface area contributed by atoms with Crippen molar-refractivity contribution in [3.05, 3.63) is 65.5 Å². The van der Waals surface area contributed by atoms with E-state index in [9.17, 15) is 14.0 Å². The molecule has 2 atom stereocenters. The van der Waals surface area contributed by atoms with E-state index in [4.69, 9.17) is 49.4 Å². The minimum absolute atomic E-state index is 0.0410. The summed E-state index contributed by atoms with van der Waals surface area (Å²) in [5.74, 6) is -0.864. The number of nitrogens with zero attached hydrogens (tertiary/aromatic N) is 1. The molecule has 0 bridgehead atoms. The summed E-state index contributed by atoms with van der Waals surface area (Å²) in [4.78, 5) is 27.5. The number of hydrogen-bond donors (Lipinski definition) is 2. The van der Waals surface area contributed by atoms with E-state index in [0.29, 0.717) is 30.4 Å². The first kappa shape index (κ1) is 29.0. The summed E-state index contributed by atoms with van der Waals surface area (Å²) in [6.45, 7) is 2.62. The summed E-state index contributed by atoms with van der Waals surface area (Å²) in [5, 5.41) is 0.876. The molecule has 1 amide bonds. The van der Waals surface area contributed by atoms with Gasteiger partial charge in [0.25, 0.3) is 0 Å². The Labute approximate surface area is 218 Å². The Morgan fingerprint density at radius 2 is 1.54 bits per heavy atom. The van der Waals surface area contributed by atoms with E-state index in [1.54, 1.807) is 0 Å². The smallest absolute Gasteiger partial charge is 0.327 e. The molecule has 0 saturated heterocycles. The third kappa shape index (κ3) is 10.1. The van der Waals surface area contributed by atoms with Crippen molar-refractivity contribution >= 4 is 56.5 Å². The fraction of sp³-hybridized carbons (Fsp3) is 0.417. The van der Waals surface area contributed by atoms with E-state index >= 15 is 0 Å². The third-order valence-electron chi connectivity index (χ3n) is 5.08. The normalized spacial score (nSPS) is 13.1. The molecular weight excluding hydrogens is 490 g/mol. The van der Waals surface area contributed by atoms with Crippen molar-refractivity contribution in [3.63, 3.8) is 0 Å². The summed E-state index contributed by atoms with van der Waals surface area (Å²) < 4.78 is 18.3. The van der Waals surface area contributed by atoms with Gasteiger partial charge in [-0.3, -0.25) is 4.79 Å². The zero-order valence-electron chi connectivity index (χ0n) is 19.6. The van der Waals surface area contributed by atoms with Crippen molar-refractivity contribution in [1.82, 2.24) is 5.32 Å². The number of esters is 1. The predicted octanol–water partition coefficient (Wildman–Crippen LogP) is 2.26. The van der Waals surface area contributed by atoms with Gasteiger partial charge in [0.1, 0.15) is 27.6 Å². The molecule has 35 heavy (non-hydrogen) atoms. The molecule has 11 heteroatoms. The molecule has 2 aromatic rings. The second-order valence-corrected chi connectivity index (χ2v) is 9.09. The highest BCUT2D eigenvalue weighted by Gasteiger charge is 2.28. The highest BCUT2D eigenvalue weighted by atomic mass is 35.5. The molecule has 0 fully saturated rings. The highest BCUT2D eigenvalue weighted by Crippen LogP contribution is 2.17. The van der Waals surface area contributed by atoms with Crippen LogP contribution in [0.15, 0.2) is 48.5 Å². The van der Waals surface area contributed by atoms with Crippen LogP contribution in [0.3, 0.4) is 0 Å². The number of anilines is 1. The van der Waals surface area contributed by atoms with E-state index < -0.39 is 35.2 Å². The molecule has 0 aliphatic heterocycles. The summed E-state index contributed by atoms with van der Waals surface area (Å²) in [6, 6.07) is 11.0. The van der Waals surface area contributed by atoms with Crippen LogP contribution in [0, 0.1) is 5.82 Å². The molecule has 0 spiro atoms. The van der Waals surface area contributed by atoms with Crippen molar-refractivity contribution in [2.45, 2.75) is 37.2 Å². The van der Waals surface area contributed by atoms with Gasteiger partial charge in [0.2, 0.25) is 5.91 Å². The number of carbonyl (C=O) groups is 2. The van der Waals surface area contributed by atoms with Crippen molar-refractivity contribution in [2.75, 3.05) is 29.7 Å². The lowest BCUT2D eigenvalue weighted by molar-refractivity contribution is -0.151. The van der Waals surface area contributed by atoms with Gasteiger partial charge in [-0.15, -0.1) is 23.2 Å². The van der Waals surface area contributed by atoms with E-state index in [1.165, 1.54) is 31.2 Å². The van der Waals surface area contributed by atoms with E-state index in [-0.39, 0.29) is 12.8 Å². The van der Waals surface area contributed by atoms with Crippen LogP contribution in [0.25, 0.3) is 0 Å². The number of alkyl halides is 2. The molecule has 4 radical (unpaired) electrons. The van der Waals surface area contributed by atoms with Crippen molar-refractivity contribution in [2.24, 2.45) is 5.73 Å². The first-order chi connectivity index (χ1) is 16.5. The first-order valence-electron chi connectivity index (χ1n) is 11.1. The van der Waals surface area contributed by atoms with Gasteiger partial charge in [-0.1, -0.05) is 24.3 Å². The highest BCUT2D eigenvalue weighted by molar-refractivity contribution is 6.39. The Bertz CT molecular complexity index is 954. The standard InChI is InChI=1S/C24H28B2Cl2FN3O3/c1-24(25,26)35-23(34)21(15-17-2-6-18(29)7-3-17)31-22(33)20(30)14-16-4-8-19(9-5-16)32(12-10-27)13-11-28/h2-9,20-21H,10-15,30H2,1H3,(H,31,33). The van der Waals surface area contributed by atoms with Crippen molar-refractivity contribution in [1.29, 1.82) is 0 Å². The molecule has 0 heterocycles. The number of benzene rings is 2. The van der Waals surface area contributed by atoms with E-state index in [0.717, 1.165) is 11.3 Å². The Morgan fingerprint density at radius 1 is 1.03 bits per heavy atom. The number of rotatable bonds is 13. The van der Waals surface area contributed by atoms with Crippen LogP contribution in [-0.2, 0) is 27.2 Å². The van der Waals surface area contributed by atoms with Gasteiger partial charge in [-0.2, -0.15) is 0 Å². The van der Waals surface area contributed by atoms with Gasteiger partial charge in [0.05, 0.1) is 6.04 Å². The molecule has 2 unspecified atom stereocenters. The number of halogens is 3. The molecule has 184 valence electrons. The maximum Gasteiger partial charge on any atom is 0.327 e. The maximum atomic E-state index is 13.2. The average Bonchev–Trinajstić information content (AvgIpc) is 2.79. The third-order valence-corrected chi connectivity index (χ3v) is 5.42. The molecule has 0 aromatic heterocycles. The Kier molecular flexibility index (Phi) is 11.4. The monoisotopic (exact) mass is 517 g/mol. The van der Waals surface area contributed by atoms with Crippen LogP contribution < -0.4 is 16.0 Å². The zero-order chi connectivity index (χ0) is 26.0. The molecule has 0 saturated carbocycles. The number of ether oxygens (including phenoxy) is 1. The van der Waals surface area contributed by atoms with Gasteiger partial charge in [-0.05, 0) is 48.7 Å². The molecule has 0 aliphatic carbocycles. The number of carbonyl (C=O) groups excluding carboxylic acids is 2.